The van der Waals surface area contributed by atoms with Crippen molar-refractivity contribution in [2.45, 2.75) is 24.7 Å². The van der Waals surface area contributed by atoms with Crippen molar-refractivity contribution in [3.05, 3.63) is 46.0 Å². The maximum absolute atomic E-state index is 13.0. The van der Waals surface area contributed by atoms with Crippen LogP contribution in [0.25, 0.3) is 0 Å². The van der Waals surface area contributed by atoms with Gasteiger partial charge in [-0.25, -0.2) is 8.42 Å². The summed E-state index contributed by atoms with van der Waals surface area (Å²) < 4.78 is 39.9. The molecular formula is C17H16ClNO4S. The molecule has 0 unspecified atom stereocenters. The smallest absolute Gasteiger partial charge is 0.266 e. The van der Waals surface area contributed by atoms with Crippen molar-refractivity contribution in [2.75, 3.05) is 17.9 Å². The molecule has 0 radical (unpaired) electrons. The highest BCUT2D eigenvalue weighted by Gasteiger charge is 2.33. The van der Waals surface area contributed by atoms with E-state index in [2.05, 4.69) is 4.72 Å². The Labute approximate surface area is 145 Å². The first kappa shape index (κ1) is 15.6. The highest BCUT2D eigenvalue weighted by Crippen LogP contribution is 2.43. The van der Waals surface area contributed by atoms with Crippen molar-refractivity contribution in [3.8, 4) is 11.5 Å². The van der Waals surface area contributed by atoms with Gasteiger partial charge in [0.05, 0.1) is 18.9 Å². The molecule has 0 saturated carbocycles. The van der Waals surface area contributed by atoms with Crippen molar-refractivity contribution in [2.24, 2.45) is 0 Å². The van der Waals surface area contributed by atoms with Crippen molar-refractivity contribution < 1.29 is 17.9 Å². The zero-order chi connectivity index (χ0) is 16.9. The highest BCUT2D eigenvalue weighted by molar-refractivity contribution is 7.92. The van der Waals surface area contributed by atoms with Crippen LogP contribution in [0.3, 0.4) is 0 Å². The van der Waals surface area contributed by atoms with E-state index in [0.29, 0.717) is 53.8 Å². The highest BCUT2D eigenvalue weighted by atomic mass is 35.5. The number of hydrogen-bond donors (Lipinski definition) is 1. The minimum absolute atomic E-state index is 0.196. The van der Waals surface area contributed by atoms with Crippen LogP contribution < -0.4 is 14.2 Å². The number of anilines is 1. The molecule has 0 atom stereocenters. The molecule has 0 fully saturated rings. The van der Waals surface area contributed by atoms with Crippen LogP contribution in [0.2, 0.25) is 5.02 Å². The summed E-state index contributed by atoms with van der Waals surface area (Å²) in [5, 5.41) is 0.512. The fourth-order valence-corrected chi connectivity index (χ4v) is 4.77. The second-order valence-electron chi connectivity index (χ2n) is 5.94. The van der Waals surface area contributed by atoms with Gasteiger partial charge in [0.25, 0.3) is 10.0 Å². The summed E-state index contributed by atoms with van der Waals surface area (Å²) >= 11 is 6.10. The number of rotatable bonds is 3. The molecular weight excluding hydrogens is 350 g/mol. The molecule has 1 N–H and O–H groups in total. The predicted octanol–water partition coefficient (Wildman–Crippen LogP) is 3.32. The normalized spacial score (nSPS) is 15.4. The molecule has 4 rings (SSSR count). The Morgan fingerprint density at radius 3 is 2.71 bits per heavy atom. The Kier molecular flexibility index (Phi) is 3.62. The maximum atomic E-state index is 13.0. The van der Waals surface area contributed by atoms with Gasteiger partial charge < -0.3 is 9.47 Å². The summed E-state index contributed by atoms with van der Waals surface area (Å²) in [6.45, 7) is 2.83. The number of sulfonamides is 1. The third kappa shape index (κ3) is 2.50. The fourth-order valence-electron chi connectivity index (χ4n) is 3.09. The van der Waals surface area contributed by atoms with Crippen LogP contribution in [0.5, 0.6) is 11.5 Å². The standard InChI is InChI=1S/C17H16ClNO4S/c1-10-2-3-12(9-14(10)18)19-24(20,21)17-13-5-7-22-15(13)8-11-4-6-23-16(11)17/h2-3,8-9,19H,4-7H2,1H3. The largest absolute Gasteiger partial charge is 0.493 e. The number of fused-ring (bicyclic) bond motifs is 2. The van der Waals surface area contributed by atoms with Crippen molar-refractivity contribution >= 4 is 27.3 Å². The van der Waals surface area contributed by atoms with Gasteiger partial charge in [-0.15, -0.1) is 0 Å². The molecule has 2 heterocycles. The van der Waals surface area contributed by atoms with Gasteiger partial charge >= 0.3 is 0 Å². The average Bonchev–Trinajstić information content (AvgIpc) is 3.16. The Morgan fingerprint density at radius 2 is 1.92 bits per heavy atom. The van der Waals surface area contributed by atoms with E-state index in [1.54, 1.807) is 18.2 Å². The molecule has 2 aromatic rings. The summed E-state index contributed by atoms with van der Waals surface area (Å²) in [6.07, 6.45) is 1.24. The minimum Gasteiger partial charge on any atom is -0.493 e. The van der Waals surface area contributed by atoms with Crippen LogP contribution >= 0.6 is 11.6 Å². The first-order valence-corrected chi connectivity index (χ1v) is 9.55. The summed E-state index contributed by atoms with van der Waals surface area (Å²) in [5.74, 6) is 1.09. The second-order valence-corrected chi connectivity index (χ2v) is 7.96. The van der Waals surface area contributed by atoms with E-state index in [-0.39, 0.29) is 4.90 Å². The lowest BCUT2D eigenvalue weighted by Gasteiger charge is -2.15. The van der Waals surface area contributed by atoms with Crippen LogP contribution in [0, 0.1) is 6.92 Å². The van der Waals surface area contributed by atoms with Crippen molar-refractivity contribution in [3.63, 3.8) is 0 Å². The van der Waals surface area contributed by atoms with E-state index in [9.17, 15) is 8.42 Å². The van der Waals surface area contributed by atoms with E-state index < -0.39 is 10.0 Å². The third-order valence-electron chi connectivity index (χ3n) is 4.29. The Morgan fingerprint density at radius 1 is 1.12 bits per heavy atom. The molecule has 0 bridgehead atoms. The number of benzene rings is 2. The van der Waals surface area contributed by atoms with E-state index in [0.717, 1.165) is 11.1 Å². The zero-order valence-corrected chi connectivity index (χ0v) is 14.6. The molecule has 126 valence electrons. The second kappa shape index (κ2) is 5.57. The lowest BCUT2D eigenvalue weighted by molar-refractivity contribution is 0.348. The van der Waals surface area contributed by atoms with Gasteiger partial charge in [-0.1, -0.05) is 17.7 Å². The topological polar surface area (TPSA) is 64.6 Å². The number of aryl methyl sites for hydroxylation is 1. The number of ether oxygens (including phenoxy) is 2. The predicted molar refractivity (Wildman–Crippen MR) is 91.8 cm³/mol. The van der Waals surface area contributed by atoms with Crippen LogP contribution in [0.1, 0.15) is 16.7 Å². The van der Waals surface area contributed by atoms with E-state index in [1.165, 1.54) is 0 Å². The Balaban J connectivity index is 1.81. The number of hydrogen-bond acceptors (Lipinski definition) is 4. The molecule has 0 saturated heterocycles. The van der Waals surface area contributed by atoms with Gasteiger partial charge in [0.15, 0.2) is 0 Å². The van der Waals surface area contributed by atoms with Gasteiger partial charge in [0, 0.05) is 29.0 Å². The van der Waals surface area contributed by atoms with Crippen LogP contribution in [0.15, 0.2) is 29.2 Å². The van der Waals surface area contributed by atoms with Gasteiger partial charge in [0.2, 0.25) is 0 Å². The van der Waals surface area contributed by atoms with E-state index in [1.807, 2.05) is 13.0 Å². The SMILES string of the molecule is Cc1ccc(NS(=O)(=O)c2c3c(cc4c2OCC4)OCC3)cc1Cl. The third-order valence-corrected chi connectivity index (χ3v) is 6.18. The monoisotopic (exact) mass is 365 g/mol. The van der Waals surface area contributed by atoms with Crippen LogP contribution in [-0.2, 0) is 22.9 Å². The van der Waals surface area contributed by atoms with Crippen molar-refractivity contribution in [1.29, 1.82) is 0 Å². The summed E-state index contributed by atoms with van der Waals surface area (Å²) in [7, 11) is -3.81. The number of nitrogens with one attached hydrogen (secondary N) is 1. The lowest BCUT2D eigenvalue weighted by atomic mass is 10.1. The van der Waals surface area contributed by atoms with Gasteiger partial charge in [-0.2, -0.15) is 0 Å². The average molecular weight is 366 g/mol. The summed E-state index contributed by atoms with van der Waals surface area (Å²) in [4.78, 5) is 0.196. The van der Waals surface area contributed by atoms with E-state index >= 15 is 0 Å². The molecule has 2 aliphatic rings. The number of halogens is 1. The lowest BCUT2D eigenvalue weighted by Crippen LogP contribution is -2.16. The molecule has 0 amide bonds. The molecule has 5 nitrogen and oxygen atoms in total. The first-order valence-electron chi connectivity index (χ1n) is 7.69. The van der Waals surface area contributed by atoms with Crippen LogP contribution in [-0.4, -0.2) is 21.6 Å². The van der Waals surface area contributed by atoms with Crippen LogP contribution in [0.4, 0.5) is 5.69 Å². The molecule has 2 aliphatic heterocycles. The quantitative estimate of drug-likeness (QED) is 0.906. The summed E-state index contributed by atoms with van der Waals surface area (Å²) in [6, 6.07) is 6.97. The van der Waals surface area contributed by atoms with Gasteiger partial charge in [0.1, 0.15) is 16.4 Å². The van der Waals surface area contributed by atoms with E-state index in [4.69, 9.17) is 21.1 Å². The van der Waals surface area contributed by atoms with Gasteiger partial charge in [-0.3, -0.25) is 4.72 Å². The summed E-state index contributed by atoms with van der Waals surface area (Å²) in [5.41, 5.74) is 2.87. The fraction of sp³-hybridized carbons (Fsp3) is 0.294. The Hall–Kier alpha value is -1.92. The Bertz CT molecular complexity index is 908. The molecule has 24 heavy (non-hydrogen) atoms. The van der Waals surface area contributed by atoms with Gasteiger partial charge in [-0.05, 0) is 30.7 Å². The molecule has 0 aliphatic carbocycles. The molecule has 7 heteroatoms. The first-order chi connectivity index (χ1) is 11.5. The van der Waals surface area contributed by atoms with Crippen molar-refractivity contribution in [1.82, 2.24) is 0 Å². The molecule has 2 aromatic carbocycles. The zero-order valence-electron chi connectivity index (χ0n) is 13.1. The molecule has 0 spiro atoms. The molecule has 0 aromatic heterocycles. The maximum Gasteiger partial charge on any atom is 0.266 e. The minimum atomic E-state index is -3.81.